The fraction of sp³-hybridized carbons (Fsp3) is 0.611. The van der Waals surface area contributed by atoms with Gasteiger partial charge in [0.1, 0.15) is 5.75 Å². The zero-order chi connectivity index (χ0) is 17.2. The lowest BCUT2D eigenvalue weighted by Crippen LogP contribution is -2.31. The van der Waals surface area contributed by atoms with Crippen LogP contribution in [0.3, 0.4) is 0 Å². The van der Waals surface area contributed by atoms with Crippen LogP contribution in [0.1, 0.15) is 25.7 Å². The third-order valence-corrected chi connectivity index (χ3v) is 7.05. The molecule has 0 bridgehead atoms. The Morgan fingerprint density at radius 1 is 1.17 bits per heavy atom. The fourth-order valence-corrected chi connectivity index (χ4v) is 5.51. The van der Waals surface area contributed by atoms with E-state index in [-0.39, 0.29) is 5.91 Å². The van der Waals surface area contributed by atoms with Crippen LogP contribution in [-0.4, -0.2) is 49.5 Å². The maximum Gasteiger partial charge on any atom is 0.230 e. The fourth-order valence-electron chi connectivity index (χ4n) is 2.74. The van der Waals surface area contributed by atoms with Crippen molar-refractivity contribution in [3.8, 4) is 5.75 Å². The Labute approximate surface area is 153 Å². The normalized spacial score (nSPS) is 20.6. The van der Waals surface area contributed by atoms with E-state index in [1.165, 1.54) is 30.6 Å². The molecule has 1 fully saturated rings. The Morgan fingerprint density at radius 3 is 2.54 bits per heavy atom. The minimum atomic E-state index is 0.107. The topological polar surface area (TPSA) is 47.6 Å². The lowest BCUT2D eigenvalue weighted by atomic mass is 10.00. The first-order valence-electron chi connectivity index (χ1n) is 8.41. The van der Waals surface area contributed by atoms with E-state index in [1.807, 2.05) is 23.9 Å². The van der Waals surface area contributed by atoms with Gasteiger partial charge in [-0.05, 0) is 37.1 Å². The molecule has 0 aliphatic heterocycles. The molecule has 0 saturated heterocycles. The molecule has 1 aliphatic rings. The molecule has 2 atom stereocenters. The van der Waals surface area contributed by atoms with Gasteiger partial charge < -0.3 is 14.8 Å². The molecule has 2 unspecified atom stereocenters. The number of thioether (sulfide) groups is 2. The van der Waals surface area contributed by atoms with Crippen molar-refractivity contribution >= 4 is 29.4 Å². The van der Waals surface area contributed by atoms with E-state index in [2.05, 4.69) is 17.4 Å². The van der Waals surface area contributed by atoms with Crippen LogP contribution >= 0.6 is 23.5 Å². The molecule has 2 rings (SSSR count). The number of nitrogens with one attached hydrogen (secondary N) is 1. The minimum Gasteiger partial charge on any atom is -0.497 e. The van der Waals surface area contributed by atoms with Gasteiger partial charge in [-0.1, -0.05) is 12.8 Å². The molecule has 24 heavy (non-hydrogen) atoms. The van der Waals surface area contributed by atoms with Gasteiger partial charge in [0, 0.05) is 29.0 Å². The second-order valence-electron chi connectivity index (χ2n) is 5.81. The predicted molar refractivity (Wildman–Crippen MR) is 102 cm³/mol. The summed E-state index contributed by atoms with van der Waals surface area (Å²) in [7, 11) is 3.33. The first-order valence-corrected chi connectivity index (χ1v) is 10.3. The van der Waals surface area contributed by atoms with E-state index >= 15 is 0 Å². The number of carbonyl (C=O) groups is 1. The summed E-state index contributed by atoms with van der Waals surface area (Å²) >= 11 is 3.74. The van der Waals surface area contributed by atoms with Gasteiger partial charge in [0.05, 0.1) is 19.5 Å². The third-order valence-electron chi connectivity index (χ3n) is 4.05. The highest BCUT2D eigenvalue weighted by molar-refractivity contribution is 8.04. The minimum absolute atomic E-state index is 0.107. The smallest absolute Gasteiger partial charge is 0.230 e. The largest absolute Gasteiger partial charge is 0.497 e. The number of benzene rings is 1. The van der Waals surface area contributed by atoms with Crippen LogP contribution in [-0.2, 0) is 9.53 Å². The maximum absolute atomic E-state index is 11.9. The van der Waals surface area contributed by atoms with Crippen molar-refractivity contribution in [2.45, 2.75) is 41.1 Å². The summed E-state index contributed by atoms with van der Waals surface area (Å²) in [6.45, 7) is 1.15. The van der Waals surface area contributed by atoms with E-state index in [4.69, 9.17) is 9.47 Å². The molecule has 6 heteroatoms. The third kappa shape index (κ3) is 6.57. The van der Waals surface area contributed by atoms with E-state index in [0.717, 1.165) is 5.75 Å². The molecule has 0 radical (unpaired) electrons. The second-order valence-corrected chi connectivity index (χ2v) is 8.35. The van der Waals surface area contributed by atoms with Gasteiger partial charge in [0.15, 0.2) is 0 Å². The van der Waals surface area contributed by atoms with E-state index in [9.17, 15) is 4.79 Å². The molecule has 0 heterocycles. The Hall–Kier alpha value is -0.850. The van der Waals surface area contributed by atoms with E-state index in [1.54, 1.807) is 26.0 Å². The number of hydrogen-bond donors (Lipinski definition) is 1. The van der Waals surface area contributed by atoms with Crippen molar-refractivity contribution in [2.24, 2.45) is 0 Å². The van der Waals surface area contributed by atoms with Crippen LogP contribution in [0, 0.1) is 0 Å². The van der Waals surface area contributed by atoms with Crippen molar-refractivity contribution in [2.75, 3.05) is 33.1 Å². The van der Waals surface area contributed by atoms with Crippen LogP contribution in [0.4, 0.5) is 0 Å². The molecule has 0 spiro atoms. The summed E-state index contributed by atoms with van der Waals surface area (Å²) in [4.78, 5) is 13.2. The molecule has 1 aromatic carbocycles. The molecule has 1 aromatic rings. The number of carbonyl (C=O) groups excluding carboxylic acids is 1. The molecular weight excluding hydrogens is 342 g/mol. The van der Waals surface area contributed by atoms with Crippen LogP contribution in [0.25, 0.3) is 0 Å². The quantitative estimate of drug-likeness (QED) is 0.674. The van der Waals surface area contributed by atoms with Gasteiger partial charge in [0.2, 0.25) is 5.91 Å². The maximum atomic E-state index is 11.9. The Bertz CT molecular complexity index is 496. The molecular formula is C18H27NO3S2. The molecule has 134 valence electrons. The first-order chi connectivity index (χ1) is 11.7. The summed E-state index contributed by atoms with van der Waals surface area (Å²) in [6.07, 6.45) is 4.97. The Morgan fingerprint density at radius 2 is 1.88 bits per heavy atom. The van der Waals surface area contributed by atoms with Gasteiger partial charge in [-0.3, -0.25) is 4.79 Å². The second kappa shape index (κ2) is 10.9. The first kappa shape index (κ1) is 19.5. The number of amides is 1. The average molecular weight is 370 g/mol. The highest BCUT2D eigenvalue weighted by Crippen LogP contribution is 2.39. The molecule has 1 N–H and O–H groups in total. The lowest BCUT2D eigenvalue weighted by molar-refractivity contribution is -0.118. The van der Waals surface area contributed by atoms with Gasteiger partial charge in [0.25, 0.3) is 0 Å². The lowest BCUT2D eigenvalue weighted by Gasteiger charge is -2.30. The van der Waals surface area contributed by atoms with Gasteiger partial charge in [-0.15, -0.1) is 23.5 Å². The Kier molecular flexibility index (Phi) is 8.84. The summed E-state index contributed by atoms with van der Waals surface area (Å²) in [6, 6.07) is 8.27. The van der Waals surface area contributed by atoms with Crippen LogP contribution in [0.5, 0.6) is 5.75 Å². The number of methoxy groups -OCH3 is 2. The molecule has 1 saturated carbocycles. The van der Waals surface area contributed by atoms with E-state index < -0.39 is 0 Å². The van der Waals surface area contributed by atoms with Crippen molar-refractivity contribution < 1.29 is 14.3 Å². The van der Waals surface area contributed by atoms with Crippen LogP contribution in [0.2, 0.25) is 0 Å². The van der Waals surface area contributed by atoms with Crippen molar-refractivity contribution in [3.63, 3.8) is 0 Å². The van der Waals surface area contributed by atoms with E-state index in [0.29, 0.717) is 29.4 Å². The number of rotatable bonds is 9. The SMILES string of the molecule is COCCNC(=O)CSC1CCCCC1Sc1ccc(OC)cc1. The summed E-state index contributed by atoms with van der Waals surface area (Å²) in [5.41, 5.74) is 0. The standard InChI is InChI=1S/C18H27NO3S2/c1-21-12-11-19-18(20)13-23-16-5-3-4-6-17(16)24-15-9-7-14(22-2)8-10-15/h7-10,16-17H,3-6,11-13H2,1-2H3,(H,19,20). The highest BCUT2D eigenvalue weighted by Gasteiger charge is 2.27. The molecule has 1 amide bonds. The van der Waals surface area contributed by atoms with Gasteiger partial charge in [-0.25, -0.2) is 0 Å². The zero-order valence-electron chi connectivity index (χ0n) is 14.5. The summed E-state index contributed by atoms with van der Waals surface area (Å²) in [5, 5.41) is 4.01. The molecule has 1 aliphatic carbocycles. The van der Waals surface area contributed by atoms with Gasteiger partial charge >= 0.3 is 0 Å². The number of ether oxygens (including phenoxy) is 2. The summed E-state index contributed by atoms with van der Waals surface area (Å²) in [5.74, 6) is 1.53. The highest BCUT2D eigenvalue weighted by atomic mass is 32.2. The molecule has 4 nitrogen and oxygen atoms in total. The van der Waals surface area contributed by atoms with Crippen LogP contribution in [0.15, 0.2) is 29.2 Å². The Balaban J connectivity index is 1.82. The average Bonchev–Trinajstić information content (AvgIpc) is 2.62. The molecule has 0 aromatic heterocycles. The van der Waals surface area contributed by atoms with Crippen molar-refractivity contribution in [1.82, 2.24) is 5.32 Å². The summed E-state index contributed by atoms with van der Waals surface area (Å²) < 4.78 is 10.2. The monoisotopic (exact) mass is 369 g/mol. The zero-order valence-corrected chi connectivity index (χ0v) is 16.1. The van der Waals surface area contributed by atoms with Crippen molar-refractivity contribution in [3.05, 3.63) is 24.3 Å². The predicted octanol–water partition coefficient (Wildman–Crippen LogP) is 3.59. The van der Waals surface area contributed by atoms with Crippen molar-refractivity contribution in [1.29, 1.82) is 0 Å². The van der Waals surface area contributed by atoms with Crippen LogP contribution < -0.4 is 10.1 Å². The van der Waals surface area contributed by atoms with Gasteiger partial charge in [-0.2, -0.15) is 0 Å². The number of hydrogen-bond acceptors (Lipinski definition) is 5.